The molecule has 2 heterocycles. The molecule has 1 fully saturated rings. The lowest BCUT2D eigenvalue weighted by molar-refractivity contribution is -0.137. The van der Waals surface area contributed by atoms with E-state index < -0.39 is 21.6 Å². The maximum atomic E-state index is 13.3. The van der Waals surface area contributed by atoms with Gasteiger partial charge in [-0.1, -0.05) is 12.1 Å². The van der Waals surface area contributed by atoms with Crippen molar-refractivity contribution in [2.75, 3.05) is 11.5 Å². The van der Waals surface area contributed by atoms with Crippen LogP contribution in [0.25, 0.3) is 17.2 Å². The number of alkyl halides is 3. The number of hydrogen-bond donors (Lipinski definition) is 2. The lowest BCUT2D eigenvalue weighted by Gasteiger charge is -2.24. The van der Waals surface area contributed by atoms with Crippen molar-refractivity contribution in [3.8, 4) is 11.1 Å². The van der Waals surface area contributed by atoms with E-state index in [1.807, 2.05) is 0 Å². The highest BCUT2D eigenvalue weighted by Gasteiger charge is 2.32. The Balaban J connectivity index is 1.66. The van der Waals surface area contributed by atoms with Crippen LogP contribution in [-0.2, 0) is 29.0 Å². The Kier molecular flexibility index (Phi) is 5.98. The number of sulfone groups is 1. The molecule has 0 atom stereocenters. The van der Waals surface area contributed by atoms with Gasteiger partial charge in [0.25, 0.3) is 5.56 Å². The van der Waals surface area contributed by atoms with Gasteiger partial charge in [0.15, 0.2) is 0 Å². The average Bonchev–Trinajstić information content (AvgIpc) is 3.21. The van der Waals surface area contributed by atoms with Crippen LogP contribution in [0.3, 0.4) is 0 Å². The van der Waals surface area contributed by atoms with Gasteiger partial charge in [0.1, 0.15) is 15.7 Å². The third-order valence-corrected chi connectivity index (χ3v) is 7.89. The summed E-state index contributed by atoms with van der Waals surface area (Å²) >= 11 is 0. The molecule has 1 aliphatic carbocycles. The van der Waals surface area contributed by atoms with Gasteiger partial charge in [0.05, 0.1) is 17.1 Å². The molecule has 1 aromatic carbocycles. The summed E-state index contributed by atoms with van der Waals surface area (Å²) in [4.78, 5) is 12.9. The number of nitrogens with zero attached hydrogens (tertiary/aromatic N) is 1. The summed E-state index contributed by atoms with van der Waals surface area (Å²) in [5.74, 6) is 0.240. The van der Waals surface area contributed by atoms with E-state index in [1.165, 1.54) is 10.6 Å². The van der Waals surface area contributed by atoms with E-state index in [0.717, 1.165) is 12.1 Å². The summed E-state index contributed by atoms with van der Waals surface area (Å²) < 4.78 is 64.5. The van der Waals surface area contributed by atoms with Gasteiger partial charge >= 0.3 is 6.18 Å². The number of halogens is 3. The SMILES string of the molecule is CCn1cc(-c2cccc(C(F)(F)F)c2)c2c(c1=O)C=C(C(=N)NC1CCS(=O)(=O)CC1)C2. The van der Waals surface area contributed by atoms with E-state index in [-0.39, 0.29) is 35.4 Å². The highest BCUT2D eigenvalue weighted by atomic mass is 32.2. The predicted octanol–water partition coefficient (Wildman–Crippen LogP) is 3.64. The van der Waals surface area contributed by atoms with Gasteiger partial charge in [-0.05, 0) is 54.7 Å². The number of rotatable bonds is 4. The molecule has 0 unspecified atom stereocenters. The molecule has 1 aromatic heterocycles. The fraction of sp³-hybridized carbons (Fsp3) is 0.391. The number of aryl methyl sites for hydroxylation is 1. The quantitative estimate of drug-likeness (QED) is 0.518. The monoisotopic (exact) mass is 479 g/mol. The number of fused-ring (bicyclic) bond motifs is 1. The van der Waals surface area contributed by atoms with Crippen LogP contribution in [0.1, 0.15) is 36.5 Å². The van der Waals surface area contributed by atoms with Crippen LogP contribution in [0.2, 0.25) is 0 Å². The number of nitrogens with one attached hydrogen (secondary N) is 2. The van der Waals surface area contributed by atoms with Crippen LogP contribution < -0.4 is 10.9 Å². The van der Waals surface area contributed by atoms with Crippen molar-refractivity contribution in [1.29, 1.82) is 5.41 Å². The summed E-state index contributed by atoms with van der Waals surface area (Å²) in [7, 11) is -3.03. The van der Waals surface area contributed by atoms with Crippen molar-refractivity contribution in [2.24, 2.45) is 0 Å². The van der Waals surface area contributed by atoms with Gasteiger partial charge in [-0.25, -0.2) is 8.42 Å². The maximum absolute atomic E-state index is 13.3. The smallest absolute Gasteiger partial charge is 0.368 e. The molecule has 1 saturated heterocycles. The minimum absolute atomic E-state index is 0.0676. The number of aromatic nitrogens is 1. The summed E-state index contributed by atoms with van der Waals surface area (Å²) in [6.45, 7) is 2.14. The highest BCUT2D eigenvalue weighted by Crippen LogP contribution is 2.36. The molecule has 6 nitrogen and oxygen atoms in total. The molecule has 2 N–H and O–H groups in total. The zero-order chi connectivity index (χ0) is 24.0. The second kappa shape index (κ2) is 8.48. The number of amidine groups is 1. The first-order valence-electron chi connectivity index (χ1n) is 10.7. The Labute approximate surface area is 189 Å². The number of hydrogen-bond acceptors (Lipinski definition) is 4. The Morgan fingerprint density at radius 3 is 2.58 bits per heavy atom. The molecule has 4 rings (SSSR count). The minimum Gasteiger partial charge on any atom is -0.368 e. The van der Waals surface area contributed by atoms with Gasteiger partial charge in [-0.2, -0.15) is 13.2 Å². The van der Waals surface area contributed by atoms with Crippen molar-refractivity contribution < 1.29 is 21.6 Å². The fourth-order valence-corrected chi connectivity index (χ4v) is 5.81. The maximum Gasteiger partial charge on any atom is 0.416 e. The second-order valence-corrected chi connectivity index (χ2v) is 10.7. The van der Waals surface area contributed by atoms with Crippen molar-refractivity contribution in [3.63, 3.8) is 0 Å². The van der Waals surface area contributed by atoms with Crippen LogP contribution in [0.5, 0.6) is 0 Å². The van der Waals surface area contributed by atoms with Gasteiger partial charge in [-0.3, -0.25) is 10.2 Å². The molecule has 176 valence electrons. The molecule has 33 heavy (non-hydrogen) atoms. The first-order chi connectivity index (χ1) is 15.5. The van der Waals surface area contributed by atoms with Crippen LogP contribution >= 0.6 is 0 Å². The van der Waals surface area contributed by atoms with Crippen LogP contribution in [0, 0.1) is 5.41 Å². The zero-order valence-corrected chi connectivity index (χ0v) is 18.8. The Morgan fingerprint density at radius 1 is 1.24 bits per heavy atom. The average molecular weight is 480 g/mol. The predicted molar refractivity (Wildman–Crippen MR) is 121 cm³/mol. The molecule has 0 amide bonds. The molecule has 2 aromatic rings. The second-order valence-electron chi connectivity index (χ2n) is 8.40. The van der Waals surface area contributed by atoms with Crippen LogP contribution in [0.4, 0.5) is 13.2 Å². The van der Waals surface area contributed by atoms with Crippen molar-refractivity contribution >= 4 is 21.7 Å². The molecule has 10 heteroatoms. The zero-order valence-electron chi connectivity index (χ0n) is 18.0. The number of benzene rings is 1. The van der Waals surface area contributed by atoms with E-state index in [9.17, 15) is 26.4 Å². The van der Waals surface area contributed by atoms with E-state index in [1.54, 1.807) is 25.3 Å². The van der Waals surface area contributed by atoms with Crippen LogP contribution in [0.15, 0.2) is 40.8 Å². The molecule has 0 saturated carbocycles. The molecule has 0 radical (unpaired) electrons. The largest absolute Gasteiger partial charge is 0.416 e. The lowest BCUT2D eigenvalue weighted by atomic mass is 9.96. The normalized spacial score (nSPS) is 18.0. The molecular weight excluding hydrogens is 455 g/mol. The van der Waals surface area contributed by atoms with Gasteiger partial charge in [0.2, 0.25) is 0 Å². The topological polar surface area (TPSA) is 92.0 Å². The van der Waals surface area contributed by atoms with Crippen LogP contribution in [-0.4, -0.2) is 36.4 Å². The van der Waals surface area contributed by atoms with Crippen molar-refractivity contribution in [2.45, 2.75) is 44.9 Å². The molecule has 1 aliphatic heterocycles. The molecular formula is C23H24F3N3O3S. The van der Waals surface area contributed by atoms with E-state index in [4.69, 9.17) is 5.41 Å². The number of pyridine rings is 1. The summed E-state index contributed by atoms with van der Waals surface area (Å²) in [5.41, 5.74) is 1.38. The van der Waals surface area contributed by atoms with E-state index in [0.29, 0.717) is 47.2 Å². The fourth-order valence-electron chi connectivity index (χ4n) is 4.31. The van der Waals surface area contributed by atoms with Gasteiger partial charge in [0, 0.05) is 36.3 Å². The first-order valence-corrected chi connectivity index (χ1v) is 12.5. The molecule has 0 bridgehead atoms. The van der Waals surface area contributed by atoms with Crippen molar-refractivity contribution in [3.05, 3.63) is 63.1 Å². The third-order valence-electron chi connectivity index (χ3n) is 6.18. The van der Waals surface area contributed by atoms with Crippen molar-refractivity contribution in [1.82, 2.24) is 9.88 Å². The Hall–Kier alpha value is -2.88. The first kappa shape index (κ1) is 23.3. The van der Waals surface area contributed by atoms with E-state index in [2.05, 4.69) is 5.32 Å². The van der Waals surface area contributed by atoms with Gasteiger partial charge in [-0.15, -0.1) is 0 Å². The summed E-state index contributed by atoms with van der Waals surface area (Å²) in [6, 6.07) is 4.85. The Bertz CT molecular complexity index is 1300. The highest BCUT2D eigenvalue weighted by molar-refractivity contribution is 7.91. The third kappa shape index (κ3) is 4.75. The standard InChI is InChI=1S/C23H24F3N3O3S/c1-2-29-13-20(14-4-3-5-16(10-14)23(24,25)26)18-11-15(12-19(18)22(29)30)21(27)28-17-6-8-33(31,32)9-7-17/h3-5,10,12-13,17H,2,6-9,11H2,1H3,(H2,27,28). The van der Waals surface area contributed by atoms with Gasteiger partial charge < -0.3 is 9.88 Å². The van der Waals surface area contributed by atoms with E-state index >= 15 is 0 Å². The lowest BCUT2D eigenvalue weighted by Crippen LogP contribution is -2.41. The summed E-state index contributed by atoms with van der Waals surface area (Å²) in [5, 5.41) is 11.5. The molecule has 0 spiro atoms. The minimum atomic E-state index is -4.48. The molecule has 2 aliphatic rings. The Morgan fingerprint density at radius 2 is 1.94 bits per heavy atom. The summed E-state index contributed by atoms with van der Waals surface area (Å²) in [6.07, 6.45) is -0.239.